The lowest BCUT2D eigenvalue weighted by Crippen LogP contribution is -2.54. The Labute approximate surface area is 118 Å². The first kappa shape index (κ1) is 15.3. The predicted octanol–water partition coefficient (Wildman–Crippen LogP) is 2.64. The summed E-state index contributed by atoms with van der Waals surface area (Å²) in [5.41, 5.74) is 6.35. The molecule has 0 bridgehead atoms. The molecule has 2 rings (SSSR count). The summed E-state index contributed by atoms with van der Waals surface area (Å²) in [6.07, 6.45) is 9.31. The molecule has 2 N–H and O–H groups in total. The molecule has 0 spiro atoms. The number of nitrogens with zero attached hydrogens (tertiary/aromatic N) is 1. The molecule has 0 atom stereocenters. The molecule has 0 aromatic rings. The van der Waals surface area contributed by atoms with Crippen LogP contribution in [-0.2, 0) is 4.74 Å². The standard InChI is InChI=1S/C16H32N2O/c1-3-14-6-8-16(13-17,9-7-14)18(2)10-11-19-12-15-4-5-15/h14-15H,3-13,17H2,1-2H3. The highest BCUT2D eigenvalue weighted by molar-refractivity contribution is 4.94. The first-order valence-electron chi connectivity index (χ1n) is 8.19. The molecule has 0 heterocycles. The van der Waals surface area contributed by atoms with Gasteiger partial charge in [0.1, 0.15) is 0 Å². The van der Waals surface area contributed by atoms with Crippen molar-refractivity contribution in [3.63, 3.8) is 0 Å². The summed E-state index contributed by atoms with van der Waals surface area (Å²) in [5.74, 6) is 1.80. The second-order valence-electron chi connectivity index (χ2n) is 6.72. The lowest BCUT2D eigenvalue weighted by Gasteiger charge is -2.46. The molecule has 2 fully saturated rings. The van der Waals surface area contributed by atoms with Gasteiger partial charge in [-0.15, -0.1) is 0 Å². The average molecular weight is 268 g/mol. The second-order valence-corrected chi connectivity index (χ2v) is 6.72. The summed E-state index contributed by atoms with van der Waals surface area (Å²) in [6.45, 7) is 5.98. The van der Waals surface area contributed by atoms with Gasteiger partial charge in [0.2, 0.25) is 0 Å². The molecule has 19 heavy (non-hydrogen) atoms. The van der Waals surface area contributed by atoms with E-state index in [0.29, 0.717) is 0 Å². The number of nitrogens with two attached hydrogens (primary N) is 1. The van der Waals surface area contributed by atoms with E-state index in [2.05, 4.69) is 18.9 Å². The molecule has 0 aromatic heterocycles. The van der Waals surface area contributed by atoms with Crippen LogP contribution in [0.1, 0.15) is 51.9 Å². The molecule has 0 unspecified atom stereocenters. The Morgan fingerprint density at radius 2 is 1.84 bits per heavy atom. The van der Waals surface area contributed by atoms with E-state index in [-0.39, 0.29) is 5.54 Å². The van der Waals surface area contributed by atoms with Gasteiger partial charge in [-0.3, -0.25) is 4.90 Å². The van der Waals surface area contributed by atoms with Gasteiger partial charge in [-0.25, -0.2) is 0 Å². The van der Waals surface area contributed by atoms with Gasteiger partial charge in [0.25, 0.3) is 0 Å². The molecular weight excluding hydrogens is 236 g/mol. The molecular formula is C16H32N2O. The van der Waals surface area contributed by atoms with Crippen LogP contribution in [0.5, 0.6) is 0 Å². The number of rotatable bonds is 8. The maximum atomic E-state index is 6.11. The number of hydrogen-bond donors (Lipinski definition) is 1. The third kappa shape index (κ3) is 4.17. The van der Waals surface area contributed by atoms with E-state index in [4.69, 9.17) is 10.5 Å². The van der Waals surface area contributed by atoms with Crippen molar-refractivity contribution in [3.8, 4) is 0 Å². The zero-order valence-electron chi connectivity index (χ0n) is 12.9. The van der Waals surface area contributed by atoms with Crippen LogP contribution in [0, 0.1) is 11.8 Å². The van der Waals surface area contributed by atoms with Crippen LogP contribution in [0.4, 0.5) is 0 Å². The molecule has 0 aliphatic heterocycles. The van der Waals surface area contributed by atoms with Crippen LogP contribution in [0.3, 0.4) is 0 Å². The molecule has 3 heteroatoms. The first-order valence-corrected chi connectivity index (χ1v) is 8.19. The zero-order chi connectivity index (χ0) is 13.7. The SMILES string of the molecule is CCC1CCC(CN)(N(C)CCOCC2CC2)CC1. The molecule has 2 aliphatic rings. The summed E-state index contributed by atoms with van der Waals surface area (Å²) in [5, 5.41) is 0. The van der Waals surface area contributed by atoms with Gasteiger partial charge in [-0.2, -0.15) is 0 Å². The van der Waals surface area contributed by atoms with E-state index in [9.17, 15) is 0 Å². The minimum absolute atomic E-state index is 0.245. The highest BCUT2D eigenvalue weighted by Gasteiger charge is 2.36. The lowest BCUT2D eigenvalue weighted by molar-refractivity contribution is 0.0297. The summed E-state index contributed by atoms with van der Waals surface area (Å²) in [6, 6.07) is 0. The lowest BCUT2D eigenvalue weighted by atomic mass is 9.75. The van der Waals surface area contributed by atoms with Crippen molar-refractivity contribution in [3.05, 3.63) is 0 Å². The van der Waals surface area contributed by atoms with E-state index in [0.717, 1.165) is 38.1 Å². The Balaban J connectivity index is 1.72. The largest absolute Gasteiger partial charge is 0.380 e. The van der Waals surface area contributed by atoms with Crippen molar-refractivity contribution in [2.45, 2.75) is 57.4 Å². The van der Waals surface area contributed by atoms with Crippen LogP contribution in [0.25, 0.3) is 0 Å². The van der Waals surface area contributed by atoms with Gasteiger partial charge in [-0.1, -0.05) is 13.3 Å². The molecule has 0 radical (unpaired) electrons. The van der Waals surface area contributed by atoms with Crippen LogP contribution < -0.4 is 5.73 Å². The maximum absolute atomic E-state index is 6.11. The van der Waals surface area contributed by atoms with Gasteiger partial charge in [-0.05, 0) is 57.4 Å². The number of ether oxygens (including phenoxy) is 1. The Hall–Kier alpha value is -0.120. The minimum Gasteiger partial charge on any atom is -0.380 e. The van der Waals surface area contributed by atoms with Crippen molar-refractivity contribution < 1.29 is 4.74 Å². The Morgan fingerprint density at radius 3 is 2.37 bits per heavy atom. The van der Waals surface area contributed by atoms with E-state index < -0.39 is 0 Å². The quantitative estimate of drug-likeness (QED) is 0.688. The highest BCUT2D eigenvalue weighted by atomic mass is 16.5. The van der Waals surface area contributed by atoms with Crippen molar-refractivity contribution in [2.75, 3.05) is 33.4 Å². The summed E-state index contributed by atoms with van der Waals surface area (Å²) in [4.78, 5) is 2.48. The van der Waals surface area contributed by atoms with Crippen molar-refractivity contribution in [2.24, 2.45) is 17.6 Å². The smallest absolute Gasteiger partial charge is 0.0593 e. The summed E-state index contributed by atoms with van der Waals surface area (Å²) in [7, 11) is 2.24. The molecule has 112 valence electrons. The number of hydrogen-bond acceptors (Lipinski definition) is 3. The van der Waals surface area contributed by atoms with Crippen LogP contribution in [0.2, 0.25) is 0 Å². The van der Waals surface area contributed by atoms with Gasteiger partial charge >= 0.3 is 0 Å². The normalized spacial score (nSPS) is 31.9. The topological polar surface area (TPSA) is 38.5 Å². The number of likely N-dealkylation sites (N-methyl/N-ethyl adjacent to an activating group) is 1. The monoisotopic (exact) mass is 268 g/mol. The molecule has 2 aliphatic carbocycles. The van der Waals surface area contributed by atoms with Crippen molar-refractivity contribution in [1.29, 1.82) is 0 Å². The fraction of sp³-hybridized carbons (Fsp3) is 1.00. The van der Waals surface area contributed by atoms with Crippen LogP contribution in [-0.4, -0.2) is 43.8 Å². The van der Waals surface area contributed by atoms with Gasteiger partial charge < -0.3 is 10.5 Å². The van der Waals surface area contributed by atoms with E-state index in [1.54, 1.807) is 0 Å². The molecule has 3 nitrogen and oxygen atoms in total. The maximum Gasteiger partial charge on any atom is 0.0593 e. The van der Waals surface area contributed by atoms with E-state index in [1.807, 2.05) is 0 Å². The average Bonchev–Trinajstić information content (AvgIpc) is 3.27. The van der Waals surface area contributed by atoms with Gasteiger partial charge in [0.05, 0.1) is 6.61 Å². The van der Waals surface area contributed by atoms with Crippen LogP contribution >= 0.6 is 0 Å². The highest BCUT2D eigenvalue weighted by Crippen LogP contribution is 2.36. The second kappa shape index (κ2) is 7.05. The summed E-state index contributed by atoms with van der Waals surface area (Å²) >= 11 is 0. The summed E-state index contributed by atoms with van der Waals surface area (Å²) < 4.78 is 5.77. The predicted molar refractivity (Wildman–Crippen MR) is 80.2 cm³/mol. The molecule has 2 saturated carbocycles. The van der Waals surface area contributed by atoms with Crippen LogP contribution in [0.15, 0.2) is 0 Å². The Kier molecular flexibility index (Phi) is 5.67. The molecule has 0 saturated heterocycles. The van der Waals surface area contributed by atoms with Crippen molar-refractivity contribution >= 4 is 0 Å². The Morgan fingerprint density at radius 1 is 1.16 bits per heavy atom. The third-order valence-corrected chi connectivity index (χ3v) is 5.42. The van der Waals surface area contributed by atoms with E-state index >= 15 is 0 Å². The molecule has 0 amide bonds. The van der Waals surface area contributed by atoms with Crippen molar-refractivity contribution in [1.82, 2.24) is 4.90 Å². The molecule has 0 aromatic carbocycles. The fourth-order valence-electron chi connectivity index (χ4n) is 3.34. The van der Waals surface area contributed by atoms with E-state index in [1.165, 1.54) is 44.9 Å². The zero-order valence-corrected chi connectivity index (χ0v) is 12.9. The Bertz CT molecular complexity index is 257. The van der Waals surface area contributed by atoms with Gasteiger partial charge in [0, 0.05) is 25.2 Å². The third-order valence-electron chi connectivity index (χ3n) is 5.42. The van der Waals surface area contributed by atoms with Gasteiger partial charge in [0.15, 0.2) is 0 Å². The minimum atomic E-state index is 0.245. The fourth-order valence-corrected chi connectivity index (χ4v) is 3.34. The first-order chi connectivity index (χ1) is 9.20.